The van der Waals surface area contributed by atoms with Crippen molar-refractivity contribution in [2.24, 2.45) is 28.0 Å². The van der Waals surface area contributed by atoms with E-state index in [0.29, 0.717) is 0 Å². The Morgan fingerprint density at radius 1 is 0.745 bits per heavy atom. The van der Waals surface area contributed by atoms with Gasteiger partial charge in [-0.3, -0.25) is 0 Å². The predicted octanol–water partition coefficient (Wildman–Crippen LogP) is 5.25. The number of aliphatic hydroxyl groups excluding tert-OH is 3. The molecule has 5 rings (SSSR count). The van der Waals surface area contributed by atoms with Gasteiger partial charge in [0.2, 0.25) is 0 Å². The van der Waals surface area contributed by atoms with E-state index in [1.54, 1.807) is 6.92 Å². The van der Waals surface area contributed by atoms with Crippen LogP contribution in [0.1, 0.15) is 38.8 Å². The number of hydrogen-bond donors (Lipinski definition) is 3. The molecule has 7 unspecified atom stereocenters. The molecular formula is C35H48N6O9S. The Morgan fingerprint density at radius 2 is 1.39 bits per heavy atom. The lowest BCUT2D eigenvalue weighted by Crippen LogP contribution is -2.63. The first kappa shape index (κ1) is 39.3. The van der Waals surface area contributed by atoms with Crippen molar-refractivity contribution in [1.29, 1.82) is 0 Å². The summed E-state index contributed by atoms with van der Waals surface area (Å²) in [5.74, 6) is -0.643. The van der Waals surface area contributed by atoms with Crippen LogP contribution in [0.25, 0.3) is 20.9 Å². The number of azide groups is 2. The van der Waals surface area contributed by atoms with Crippen LogP contribution in [0.5, 0.6) is 0 Å². The minimum atomic E-state index is -1.37. The SMILES string of the molecule is Cc1ccc(SC2OC(CO)[C@@H](O[C@@H]3OC(C)[C@@H](O[C@H]4OC(CO)[C@@H](C)[C@H](C)C4N=[N+]=[N-])[C@H](C)C3OCc3ccccc3)[C@H](O)C2N=[N+]=[N-])cc1. The van der Waals surface area contributed by atoms with Crippen LogP contribution in [0.3, 0.4) is 0 Å². The van der Waals surface area contributed by atoms with E-state index in [9.17, 15) is 26.4 Å². The highest BCUT2D eigenvalue weighted by Gasteiger charge is 2.52. The smallest absolute Gasteiger partial charge is 0.185 e. The molecule has 3 aliphatic rings. The van der Waals surface area contributed by atoms with Crippen molar-refractivity contribution in [3.63, 3.8) is 0 Å². The van der Waals surface area contributed by atoms with Crippen molar-refractivity contribution < 1.29 is 43.7 Å². The molecule has 3 saturated heterocycles. The average Bonchev–Trinajstić information content (AvgIpc) is 3.13. The van der Waals surface area contributed by atoms with E-state index in [4.69, 9.17) is 28.4 Å². The highest BCUT2D eigenvalue weighted by molar-refractivity contribution is 7.99. The quantitative estimate of drug-likeness (QED) is 0.138. The van der Waals surface area contributed by atoms with Gasteiger partial charge in [0.05, 0.1) is 50.3 Å². The zero-order valence-electron chi connectivity index (χ0n) is 29.4. The summed E-state index contributed by atoms with van der Waals surface area (Å²) in [6.07, 6.45) is -8.12. The van der Waals surface area contributed by atoms with Crippen LogP contribution in [0.4, 0.5) is 0 Å². The van der Waals surface area contributed by atoms with Crippen molar-refractivity contribution in [2.75, 3.05) is 13.2 Å². The minimum Gasteiger partial charge on any atom is -0.394 e. The summed E-state index contributed by atoms with van der Waals surface area (Å²) >= 11 is 1.28. The van der Waals surface area contributed by atoms with Crippen molar-refractivity contribution >= 4 is 11.8 Å². The Balaban J connectivity index is 1.39. The zero-order valence-corrected chi connectivity index (χ0v) is 30.2. The van der Waals surface area contributed by atoms with Crippen molar-refractivity contribution in [2.45, 2.75) is 119 Å². The first-order valence-electron chi connectivity index (χ1n) is 17.2. The number of aliphatic hydroxyl groups is 3. The maximum absolute atomic E-state index is 11.7. The van der Waals surface area contributed by atoms with E-state index < -0.39 is 85.4 Å². The molecule has 0 bridgehead atoms. The van der Waals surface area contributed by atoms with Crippen LogP contribution >= 0.6 is 11.8 Å². The van der Waals surface area contributed by atoms with Gasteiger partial charge in [0.15, 0.2) is 12.6 Å². The van der Waals surface area contributed by atoms with Crippen molar-refractivity contribution in [3.8, 4) is 0 Å². The zero-order chi connectivity index (χ0) is 36.7. The lowest BCUT2D eigenvalue weighted by atomic mass is 9.82. The summed E-state index contributed by atoms with van der Waals surface area (Å²) in [7, 11) is 0. The minimum absolute atomic E-state index is 0.0878. The molecule has 0 aliphatic carbocycles. The van der Waals surface area contributed by atoms with Gasteiger partial charge in [0.25, 0.3) is 0 Å². The second-order valence-electron chi connectivity index (χ2n) is 13.5. The molecule has 15 atom stereocenters. The highest BCUT2D eigenvalue weighted by Crippen LogP contribution is 2.41. The largest absolute Gasteiger partial charge is 0.394 e. The van der Waals surface area contributed by atoms with Gasteiger partial charge in [0.1, 0.15) is 29.8 Å². The molecule has 0 saturated carbocycles. The summed E-state index contributed by atoms with van der Waals surface area (Å²) in [4.78, 5) is 6.86. The molecule has 278 valence electrons. The molecule has 16 heteroatoms. The van der Waals surface area contributed by atoms with E-state index in [-0.39, 0.29) is 25.0 Å². The summed E-state index contributed by atoms with van der Waals surface area (Å²) in [6, 6.07) is 15.5. The van der Waals surface area contributed by atoms with Gasteiger partial charge in [-0.15, -0.1) is 0 Å². The Hall–Kier alpha value is -2.95. The summed E-state index contributed by atoms with van der Waals surface area (Å²) in [5.41, 5.74) is 20.0. The van der Waals surface area contributed by atoms with Crippen molar-refractivity contribution in [1.82, 2.24) is 0 Å². The fourth-order valence-corrected chi connectivity index (χ4v) is 8.06. The molecule has 2 aromatic carbocycles. The molecule has 15 nitrogen and oxygen atoms in total. The van der Waals surface area contributed by atoms with Gasteiger partial charge < -0.3 is 43.7 Å². The number of thioether (sulfide) groups is 1. The number of benzene rings is 2. The molecule has 0 aromatic heterocycles. The van der Waals surface area contributed by atoms with Gasteiger partial charge in [-0.25, -0.2) is 0 Å². The maximum atomic E-state index is 11.7. The van der Waals surface area contributed by atoms with E-state index in [2.05, 4.69) is 20.1 Å². The topological polar surface area (TPSA) is 214 Å². The van der Waals surface area contributed by atoms with Crippen LogP contribution in [0.15, 0.2) is 69.7 Å². The Kier molecular flexibility index (Phi) is 14.0. The van der Waals surface area contributed by atoms with Crippen LogP contribution < -0.4 is 0 Å². The first-order valence-corrected chi connectivity index (χ1v) is 18.1. The highest BCUT2D eigenvalue weighted by atomic mass is 32.2. The molecule has 51 heavy (non-hydrogen) atoms. The fourth-order valence-electron chi connectivity index (χ4n) is 6.95. The number of nitrogens with zero attached hydrogens (tertiary/aromatic N) is 6. The van der Waals surface area contributed by atoms with Gasteiger partial charge in [-0.1, -0.05) is 90.8 Å². The molecule has 0 spiro atoms. The third-order valence-electron chi connectivity index (χ3n) is 10.2. The third-order valence-corrected chi connectivity index (χ3v) is 11.3. The van der Waals surface area contributed by atoms with Crippen LogP contribution in [0.2, 0.25) is 0 Å². The summed E-state index contributed by atoms with van der Waals surface area (Å²) in [5, 5.41) is 40.0. The lowest BCUT2D eigenvalue weighted by Gasteiger charge is -2.50. The summed E-state index contributed by atoms with van der Waals surface area (Å²) < 4.78 is 38.3. The van der Waals surface area contributed by atoms with Crippen LogP contribution in [-0.2, 0) is 35.0 Å². The fraction of sp³-hybridized carbons (Fsp3) is 0.657. The van der Waals surface area contributed by atoms with Gasteiger partial charge in [-0.05, 0) is 54.4 Å². The molecule has 3 N–H and O–H groups in total. The number of rotatable bonds is 13. The van der Waals surface area contributed by atoms with E-state index in [1.165, 1.54) is 11.8 Å². The van der Waals surface area contributed by atoms with Gasteiger partial charge in [-0.2, -0.15) is 0 Å². The van der Waals surface area contributed by atoms with Gasteiger partial charge >= 0.3 is 0 Å². The van der Waals surface area contributed by atoms with Crippen molar-refractivity contribution in [3.05, 3.63) is 86.6 Å². The molecule has 0 amide bonds. The normalized spacial score (nSPS) is 38.3. The lowest BCUT2D eigenvalue weighted by molar-refractivity contribution is -0.349. The monoisotopic (exact) mass is 728 g/mol. The molecule has 3 fully saturated rings. The standard InChI is InChI=1S/C35H48N6O9S/c1-18-11-13-24(14-12-18)51-35-28(39-41-37)29(44)32(26(16-43)48-35)50-34-31(45-17-23-9-7-6-8-10-23)21(4)30(22(5)46-34)49-33-27(38-40-36)20(3)19(2)25(15-42)47-33/h6-14,19-22,25-35,42-44H,15-17H2,1-5H3/t19-,20-,21-,22?,25?,26?,27?,28?,29+,30-,31?,32+,33+,34-,35?/m0/s1. The third kappa shape index (κ3) is 9.17. The molecule has 3 heterocycles. The first-order chi connectivity index (χ1) is 24.6. The predicted molar refractivity (Wildman–Crippen MR) is 187 cm³/mol. The molecule has 3 aliphatic heterocycles. The van der Waals surface area contributed by atoms with Crippen LogP contribution in [0, 0.1) is 24.7 Å². The van der Waals surface area contributed by atoms with Gasteiger partial charge in [0, 0.05) is 20.6 Å². The van der Waals surface area contributed by atoms with E-state index >= 15 is 0 Å². The Morgan fingerprint density at radius 3 is 2.04 bits per heavy atom. The van der Waals surface area contributed by atoms with E-state index in [0.717, 1.165) is 16.0 Å². The Labute approximate surface area is 301 Å². The Bertz CT molecular complexity index is 1500. The molecule has 2 aromatic rings. The average molecular weight is 729 g/mol. The van der Waals surface area contributed by atoms with E-state index in [1.807, 2.05) is 82.3 Å². The molecule has 0 radical (unpaired) electrons. The molecular weight excluding hydrogens is 680 g/mol. The number of aryl methyl sites for hydroxylation is 1. The maximum Gasteiger partial charge on any atom is 0.185 e. The second kappa shape index (κ2) is 18.2. The summed E-state index contributed by atoms with van der Waals surface area (Å²) in [6.45, 7) is 9.06. The number of hydrogen-bond acceptors (Lipinski definition) is 12. The second-order valence-corrected chi connectivity index (χ2v) is 14.7. The number of ether oxygens (including phenoxy) is 6. The van der Waals surface area contributed by atoms with Crippen LogP contribution in [-0.4, -0.2) is 101 Å².